The maximum Gasteiger partial charge on any atom is 0.253 e. The van der Waals surface area contributed by atoms with E-state index in [1.165, 1.54) is 0 Å². The van der Waals surface area contributed by atoms with Gasteiger partial charge in [0.05, 0.1) is 25.3 Å². The standard InChI is InChI=1S/C25H24ClN3O3/c1-32-21-10-5-6-17(13-21)22-15-29(25(31)18-7-4-8-19(26)12-18)16-23(22)24(30)28-14-20-9-2-3-11-27-20/h2-13,22-23H,14-16H2,1H3,(H,28,30). The van der Waals surface area contributed by atoms with Crippen molar-refractivity contribution >= 4 is 23.4 Å². The zero-order chi connectivity index (χ0) is 22.5. The number of rotatable bonds is 6. The van der Waals surface area contributed by atoms with Crippen molar-refractivity contribution in [3.05, 3.63) is 94.8 Å². The topological polar surface area (TPSA) is 71.5 Å². The lowest BCUT2D eigenvalue weighted by atomic mass is 9.88. The van der Waals surface area contributed by atoms with Crippen LogP contribution < -0.4 is 10.1 Å². The summed E-state index contributed by atoms with van der Waals surface area (Å²) in [6.07, 6.45) is 1.70. The highest BCUT2D eigenvalue weighted by Gasteiger charge is 2.40. The highest BCUT2D eigenvalue weighted by molar-refractivity contribution is 6.30. The third-order valence-corrected chi connectivity index (χ3v) is 5.94. The lowest BCUT2D eigenvalue weighted by Crippen LogP contribution is -2.35. The lowest BCUT2D eigenvalue weighted by Gasteiger charge is -2.18. The van der Waals surface area contributed by atoms with Gasteiger partial charge in [-0.2, -0.15) is 0 Å². The Hall–Kier alpha value is -3.38. The molecule has 2 unspecified atom stereocenters. The van der Waals surface area contributed by atoms with Crippen LogP contribution in [0.1, 0.15) is 27.5 Å². The van der Waals surface area contributed by atoms with Crippen LogP contribution in [0.2, 0.25) is 5.02 Å². The molecule has 2 heterocycles. The molecule has 0 aliphatic carbocycles. The molecule has 0 bridgehead atoms. The molecule has 1 saturated heterocycles. The number of nitrogens with one attached hydrogen (secondary N) is 1. The summed E-state index contributed by atoms with van der Waals surface area (Å²) < 4.78 is 5.37. The summed E-state index contributed by atoms with van der Waals surface area (Å²) in [7, 11) is 1.61. The minimum atomic E-state index is -0.394. The van der Waals surface area contributed by atoms with Gasteiger partial charge in [-0.05, 0) is 48.0 Å². The van der Waals surface area contributed by atoms with Crippen LogP contribution in [0.25, 0.3) is 0 Å². The Balaban J connectivity index is 1.57. The van der Waals surface area contributed by atoms with E-state index in [1.54, 1.807) is 42.5 Å². The number of nitrogens with zero attached hydrogens (tertiary/aromatic N) is 2. The summed E-state index contributed by atoms with van der Waals surface area (Å²) >= 11 is 6.08. The molecule has 1 aromatic heterocycles. The number of pyridine rings is 1. The minimum absolute atomic E-state index is 0.107. The van der Waals surface area contributed by atoms with Gasteiger partial charge in [0.1, 0.15) is 5.75 Å². The number of methoxy groups -OCH3 is 1. The van der Waals surface area contributed by atoms with Gasteiger partial charge in [0, 0.05) is 35.8 Å². The molecular formula is C25H24ClN3O3. The number of benzene rings is 2. The Kier molecular flexibility index (Phi) is 6.71. The van der Waals surface area contributed by atoms with E-state index in [9.17, 15) is 9.59 Å². The Labute approximate surface area is 192 Å². The van der Waals surface area contributed by atoms with Gasteiger partial charge in [-0.15, -0.1) is 0 Å². The predicted octanol–water partition coefficient (Wildman–Crippen LogP) is 3.92. The molecule has 2 aromatic carbocycles. The Morgan fingerprint density at radius 1 is 1.09 bits per heavy atom. The number of ether oxygens (including phenoxy) is 1. The largest absolute Gasteiger partial charge is 0.497 e. The van der Waals surface area contributed by atoms with Crippen LogP contribution in [0.4, 0.5) is 0 Å². The first kappa shape index (κ1) is 21.8. The number of likely N-dealkylation sites (tertiary alicyclic amines) is 1. The number of halogens is 1. The molecule has 1 aliphatic heterocycles. The average Bonchev–Trinajstić information content (AvgIpc) is 3.28. The molecule has 0 radical (unpaired) electrons. The van der Waals surface area contributed by atoms with Crippen LogP contribution in [0, 0.1) is 5.92 Å². The number of amides is 2. The van der Waals surface area contributed by atoms with Crippen molar-refractivity contribution in [1.82, 2.24) is 15.2 Å². The predicted molar refractivity (Wildman–Crippen MR) is 123 cm³/mol. The summed E-state index contributed by atoms with van der Waals surface area (Å²) in [5.74, 6) is -0.0778. The van der Waals surface area contributed by atoms with Crippen molar-refractivity contribution in [1.29, 1.82) is 0 Å². The zero-order valence-corrected chi connectivity index (χ0v) is 18.5. The molecule has 7 heteroatoms. The van der Waals surface area contributed by atoms with Crippen LogP contribution in [0.15, 0.2) is 72.9 Å². The molecular weight excluding hydrogens is 426 g/mol. The van der Waals surface area contributed by atoms with E-state index in [0.29, 0.717) is 30.2 Å². The summed E-state index contributed by atoms with van der Waals surface area (Å²) in [5, 5.41) is 3.49. The van der Waals surface area contributed by atoms with Gasteiger partial charge in [0.2, 0.25) is 5.91 Å². The quantitative estimate of drug-likeness (QED) is 0.619. The van der Waals surface area contributed by atoms with Crippen molar-refractivity contribution < 1.29 is 14.3 Å². The molecule has 2 atom stereocenters. The summed E-state index contributed by atoms with van der Waals surface area (Å²) in [6, 6.07) is 20.1. The van der Waals surface area contributed by atoms with Crippen LogP contribution in [0.5, 0.6) is 5.75 Å². The summed E-state index contributed by atoms with van der Waals surface area (Å²) in [5.41, 5.74) is 2.25. The second-order valence-corrected chi connectivity index (χ2v) is 8.19. The smallest absolute Gasteiger partial charge is 0.253 e. The zero-order valence-electron chi connectivity index (χ0n) is 17.7. The highest BCUT2D eigenvalue weighted by Crippen LogP contribution is 2.35. The Morgan fingerprint density at radius 2 is 1.94 bits per heavy atom. The first-order chi connectivity index (χ1) is 15.5. The molecule has 2 amide bonds. The maximum absolute atomic E-state index is 13.2. The second kappa shape index (κ2) is 9.83. The van der Waals surface area contributed by atoms with Gasteiger partial charge in [-0.25, -0.2) is 0 Å². The van der Waals surface area contributed by atoms with Crippen molar-refractivity contribution in [2.45, 2.75) is 12.5 Å². The third-order valence-electron chi connectivity index (χ3n) is 5.71. The Morgan fingerprint density at radius 3 is 2.69 bits per heavy atom. The molecule has 32 heavy (non-hydrogen) atoms. The molecule has 0 spiro atoms. The third kappa shape index (κ3) is 4.92. The van der Waals surface area contributed by atoms with E-state index in [0.717, 1.165) is 17.0 Å². The van der Waals surface area contributed by atoms with E-state index in [2.05, 4.69) is 10.3 Å². The summed E-state index contributed by atoms with van der Waals surface area (Å²) in [4.78, 5) is 32.3. The Bertz CT molecular complexity index is 1110. The monoisotopic (exact) mass is 449 g/mol. The molecule has 1 fully saturated rings. The van der Waals surface area contributed by atoms with Crippen LogP contribution in [0.3, 0.4) is 0 Å². The van der Waals surface area contributed by atoms with Gasteiger partial charge >= 0.3 is 0 Å². The van der Waals surface area contributed by atoms with Crippen LogP contribution in [-0.4, -0.2) is 41.9 Å². The first-order valence-corrected chi connectivity index (χ1v) is 10.8. The SMILES string of the molecule is COc1cccc(C2CN(C(=O)c3cccc(Cl)c3)CC2C(=O)NCc2ccccn2)c1. The maximum atomic E-state index is 13.2. The van der Waals surface area contributed by atoms with Crippen molar-refractivity contribution in [3.63, 3.8) is 0 Å². The van der Waals surface area contributed by atoms with Gasteiger partial charge in [0.15, 0.2) is 0 Å². The van der Waals surface area contributed by atoms with Crippen molar-refractivity contribution in [2.75, 3.05) is 20.2 Å². The van der Waals surface area contributed by atoms with E-state index in [4.69, 9.17) is 16.3 Å². The van der Waals surface area contributed by atoms with E-state index in [-0.39, 0.29) is 17.7 Å². The molecule has 3 aromatic rings. The van der Waals surface area contributed by atoms with Gasteiger partial charge in [-0.3, -0.25) is 14.6 Å². The molecule has 4 rings (SSSR count). The molecule has 1 N–H and O–H groups in total. The summed E-state index contributed by atoms with van der Waals surface area (Å²) in [6.45, 7) is 1.09. The second-order valence-electron chi connectivity index (χ2n) is 7.75. The van der Waals surface area contributed by atoms with E-state index < -0.39 is 5.92 Å². The number of carbonyl (C=O) groups excluding carboxylic acids is 2. The van der Waals surface area contributed by atoms with Gasteiger partial charge < -0.3 is 15.0 Å². The fourth-order valence-electron chi connectivity index (χ4n) is 4.06. The minimum Gasteiger partial charge on any atom is -0.497 e. The average molecular weight is 450 g/mol. The van der Waals surface area contributed by atoms with Crippen molar-refractivity contribution in [2.24, 2.45) is 5.92 Å². The van der Waals surface area contributed by atoms with Crippen LogP contribution >= 0.6 is 11.6 Å². The molecule has 164 valence electrons. The lowest BCUT2D eigenvalue weighted by molar-refractivity contribution is -0.125. The number of hydrogen-bond acceptors (Lipinski definition) is 4. The fourth-order valence-corrected chi connectivity index (χ4v) is 4.25. The number of carbonyl (C=O) groups is 2. The molecule has 0 saturated carbocycles. The van der Waals surface area contributed by atoms with Gasteiger partial charge in [0.25, 0.3) is 5.91 Å². The van der Waals surface area contributed by atoms with Crippen molar-refractivity contribution in [3.8, 4) is 5.75 Å². The normalized spacial score (nSPS) is 17.8. The highest BCUT2D eigenvalue weighted by atomic mass is 35.5. The number of aromatic nitrogens is 1. The number of hydrogen-bond donors (Lipinski definition) is 1. The molecule has 6 nitrogen and oxygen atoms in total. The fraction of sp³-hybridized carbons (Fsp3) is 0.240. The molecule has 1 aliphatic rings. The van der Waals surface area contributed by atoms with E-state index >= 15 is 0 Å². The van der Waals surface area contributed by atoms with Crippen LogP contribution in [-0.2, 0) is 11.3 Å². The van der Waals surface area contributed by atoms with E-state index in [1.807, 2.05) is 42.5 Å². The first-order valence-electron chi connectivity index (χ1n) is 10.4. The van der Waals surface area contributed by atoms with Gasteiger partial charge in [-0.1, -0.05) is 35.9 Å².